The number of ether oxygens (including phenoxy) is 3. The van der Waals surface area contributed by atoms with Gasteiger partial charge in [-0.2, -0.15) is 0 Å². The van der Waals surface area contributed by atoms with Gasteiger partial charge in [0.1, 0.15) is 0 Å². The Kier molecular flexibility index (Phi) is 5.79. The zero-order valence-electron chi connectivity index (χ0n) is 14.4. The van der Waals surface area contributed by atoms with E-state index >= 15 is 0 Å². The Morgan fingerprint density at radius 1 is 0.885 bits per heavy atom. The van der Waals surface area contributed by atoms with Crippen LogP contribution in [0.25, 0.3) is 0 Å². The summed E-state index contributed by atoms with van der Waals surface area (Å²) in [6.45, 7) is 0. The van der Waals surface area contributed by atoms with E-state index in [1.807, 2.05) is 0 Å². The van der Waals surface area contributed by atoms with Gasteiger partial charge >= 0.3 is 11.9 Å². The second-order valence-electron chi connectivity index (χ2n) is 5.05. The molecule has 0 unspecified atom stereocenters. The van der Waals surface area contributed by atoms with E-state index in [0.717, 1.165) is 0 Å². The third-order valence-corrected chi connectivity index (χ3v) is 3.58. The first-order chi connectivity index (χ1) is 12.4. The zero-order chi connectivity index (χ0) is 19.3. The molecule has 0 aromatic heterocycles. The molecule has 0 bridgehead atoms. The summed E-state index contributed by atoms with van der Waals surface area (Å²) in [5, 5.41) is 11.7. The lowest BCUT2D eigenvalue weighted by Gasteiger charge is -2.15. The normalized spacial score (nSPS) is 9.96. The fourth-order valence-corrected chi connectivity index (χ4v) is 2.32. The van der Waals surface area contributed by atoms with Gasteiger partial charge in [0.2, 0.25) is 0 Å². The number of carbonyl (C=O) groups excluding carboxylic acids is 2. The number of aromatic carboxylic acids is 1. The minimum atomic E-state index is -1.24. The van der Waals surface area contributed by atoms with Gasteiger partial charge < -0.3 is 24.6 Å². The SMILES string of the molecule is COC(=O)c1cc(OC)c(OC)cc1NC(=O)c1ccccc1C(=O)O. The first-order valence-electron chi connectivity index (χ1n) is 7.41. The smallest absolute Gasteiger partial charge is 0.340 e. The van der Waals surface area contributed by atoms with E-state index < -0.39 is 17.8 Å². The van der Waals surface area contributed by atoms with Crippen LogP contribution < -0.4 is 14.8 Å². The number of carbonyl (C=O) groups is 3. The minimum Gasteiger partial charge on any atom is -0.493 e. The Morgan fingerprint density at radius 2 is 1.46 bits per heavy atom. The lowest BCUT2D eigenvalue weighted by molar-refractivity contribution is 0.0600. The second kappa shape index (κ2) is 8.02. The molecule has 0 aliphatic heterocycles. The molecule has 0 saturated carbocycles. The van der Waals surface area contributed by atoms with Crippen LogP contribution in [0, 0.1) is 0 Å². The van der Waals surface area contributed by atoms with Crippen LogP contribution in [-0.2, 0) is 4.74 Å². The van der Waals surface area contributed by atoms with Gasteiger partial charge in [0.05, 0.1) is 43.7 Å². The van der Waals surface area contributed by atoms with Crippen molar-refractivity contribution < 1.29 is 33.7 Å². The molecule has 8 nitrogen and oxygen atoms in total. The molecule has 0 heterocycles. The van der Waals surface area contributed by atoms with Crippen LogP contribution in [0.3, 0.4) is 0 Å². The van der Waals surface area contributed by atoms with Gasteiger partial charge in [-0.15, -0.1) is 0 Å². The van der Waals surface area contributed by atoms with Crippen LogP contribution in [-0.4, -0.2) is 44.3 Å². The Bertz CT molecular complexity index is 861. The number of amides is 1. The van der Waals surface area contributed by atoms with E-state index in [1.54, 1.807) is 0 Å². The van der Waals surface area contributed by atoms with Crippen LogP contribution in [0.5, 0.6) is 11.5 Å². The standard InChI is InChI=1S/C18H17NO7/c1-24-14-8-12(18(23)26-3)13(9-15(14)25-2)19-16(20)10-6-4-5-7-11(10)17(21)22/h4-9H,1-3H3,(H,19,20)(H,21,22). The van der Waals surface area contributed by atoms with Crippen molar-refractivity contribution in [3.05, 3.63) is 53.1 Å². The molecule has 2 aromatic rings. The van der Waals surface area contributed by atoms with Crippen molar-refractivity contribution in [3.8, 4) is 11.5 Å². The third kappa shape index (κ3) is 3.75. The predicted octanol–water partition coefficient (Wildman–Crippen LogP) is 2.44. The minimum absolute atomic E-state index is 0.0336. The fourth-order valence-electron chi connectivity index (χ4n) is 2.32. The average molecular weight is 359 g/mol. The molecule has 0 fully saturated rings. The van der Waals surface area contributed by atoms with E-state index in [-0.39, 0.29) is 33.9 Å². The molecular formula is C18H17NO7. The molecule has 0 atom stereocenters. The predicted molar refractivity (Wildman–Crippen MR) is 92.2 cm³/mol. The molecule has 2 N–H and O–H groups in total. The molecule has 0 aliphatic rings. The Labute approximate surface area is 149 Å². The summed E-state index contributed by atoms with van der Waals surface area (Å²) in [6.07, 6.45) is 0. The Hall–Kier alpha value is -3.55. The maximum atomic E-state index is 12.6. The summed E-state index contributed by atoms with van der Waals surface area (Å²) in [5.41, 5.74) is -0.0818. The highest BCUT2D eigenvalue weighted by Gasteiger charge is 2.21. The highest BCUT2D eigenvalue weighted by Crippen LogP contribution is 2.34. The van der Waals surface area contributed by atoms with Gasteiger partial charge in [0.25, 0.3) is 5.91 Å². The van der Waals surface area contributed by atoms with Crippen molar-refractivity contribution in [2.75, 3.05) is 26.6 Å². The van der Waals surface area contributed by atoms with E-state index in [9.17, 15) is 19.5 Å². The van der Waals surface area contributed by atoms with Gasteiger partial charge in [-0.25, -0.2) is 9.59 Å². The largest absolute Gasteiger partial charge is 0.493 e. The number of anilines is 1. The molecule has 26 heavy (non-hydrogen) atoms. The lowest BCUT2D eigenvalue weighted by Crippen LogP contribution is -2.18. The van der Waals surface area contributed by atoms with E-state index in [2.05, 4.69) is 5.32 Å². The van der Waals surface area contributed by atoms with E-state index in [1.165, 1.54) is 57.7 Å². The number of carboxylic acid groups (broad SMARTS) is 1. The van der Waals surface area contributed by atoms with Crippen LogP contribution in [0.2, 0.25) is 0 Å². The maximum Gasteiger partial charge on any atom is 0.340 e. The Morgan fingerprint density at radius 3 is 2.00 bits per heavy atom. The fraction of sp³-hybridized carbons (Fsp3) is 0.167. The molecule has 1 amide bonds. The van der Waals surface area contributed by atoms with Crippen molar-refractivity contribution in [2.24, 2.45) is 0 Å². The van der Waals surface area contributed by atoms with Gasteiger partial charge in [-0.05, 0) is 12.1 Å². The highest BCUT2D eigenvalue weighted by atomic mass is 16.5. The lowest BCUT2D eigenvalue weighted by atomic mass is 10.1. The number of esters is 1. The van der Waals surface area contributed by atoms with Gasteiger partial charge in [0.15, 0.2) is 11.5 Å². The van der Waals surface area contributed by atoms with Gasteiger partial charge in [-0.1, -0.05) is 12.1 Å². The zero-order valence-corrected chi connectivity index (χ0v) is 14.4. The van der Waals surface area contributed by atoms with Crippen molar-refractivity contribution >= 4 is 23.5 Å². The highest BCUT2D eigenvalue weighted by molar-refractivity contribution is 6.12. The van der Waals surface area contributed by atoms with E-state index in [4.69, 9.17) is 14.2 Å². The van der Waals surface area contributed by atoms with Crippen LogP contribution in [0.15, 0.2) is 36.4 Å². The molecule has 0 aliphatic carbocycles. The van der Waals surface area contributed by atoms with Gasteiger partial charge in [0, 0.05) is 12.1 Å². The summed E-state index contributed by atoms with van der Waals surface area (Å²) in [7, 11) is 4.01. The van der Waals surface area contributed by atoms with Crippen molar-refractivity contribution in [1.29, 1.82) is 0 Å². The average Bonchev–Trinajstić information content (AvgIpc) is 2.66. The van der Waals surface area contributed by atoms with E-state index in [0.29, 0.717) is 0 Å². The third-order valence-electron chi connectivity index (χ3n) is 3.58. The number of nitrogens with one attached hydrogen (secondary N) is 1. The van der Waals surface area contributed by atoms with Crippen molar-refractivity contribution in [2.45, 2.75) is 0 Å². The number of rotatable bonds is 6. The maximum absolute atomic E-state index is 12.6. The number of carboxylic acids is 1. The molecule has 0 radical (unpaired) electrons. The first kappa shape index (κ1) is 18.8. The van der Waals surface area contributed by atoms with Crippen LogP contribution >= 0.6 is 0 Å². The number of hydrogen-bond acceptors (Lipinski definition) is 6. The molecule has 8 heteroatoms. The van der Waals surface area contributed by atoms with Crippen molar-refractivity contribution in [3.63, 3.8) is 0 Å². The molecule has 2 rings (SSSR count). The summed E-state index contributed by atoms with van der Waals surface area (Å²) in [5.74, 6) is -2.08. The molecule has 2 aromatic carbocycles. The second-order valence-corrected chi connectivity index (χ2v) is 5.05. The first-order valence-corrected chi connectivity index (χ1v) is 7.41. The summed E-state index contributed by atoms with van der Waals surface area (Å²) in [6, 6.07) is 8.49. The number of hydrogen-bond donors (Lipinski definition) is 2. The summed E-state index contributed by atoms with van der Waals surface area (Å²) in [4.78, 5) is 35.9. The monoisotopic (exact) mass is 359 g/mol. The summed E-state index contributed by atoms with van der Waals surface area (Å²) >= 11 is 0. The molecular weight excluding hydrogens is 342 g/mol. The van der Waals surface area contributed by atoms with Crippen molar-refractivity contribution in [1.82, 2.24) is 0 Å². The molecule has 0 saturated heterocycles. The Balaban J connectivity index is 2.50. The van der Waals surface area contributed by atoms with Crippen LogP contribution in [0.4, 0.5) is 5.69 Å². The van der Waals surface area contributed by atoms with Crippen LogP contribution in [0.1, 0.15) is 31.1 Å². The quantitative estimate of drug-likeness (QED) is 0.762. The topological polar surface area (TPSA) is 111 Å². The molecule has 0 spiro atoms. The summed E-state index contributed by atoms with van der Waals surface area (Å²) < 4.78 is 15.0. The van der Waals surface area contributed by atoms with Gasteiger partial charge in [-0.3, -0.25) is 4.79 Å². The number of methoxy groups -OCH3 is 3. The molecule has 136 valence electrons. The number of benzene rings is 2.